The predicted molar refractivity (Wildman–Crippen MR) is 99.3 cm³/mol. The van der Waals surface area contributed by atoms with E-state index in [9.17, 15) is 22.8 Å². The number of nitrogens with zero attached hydrogens (tertiary/aromatic N) is 3. The molecule has 2 aliphatic rings. The monoisotopic (exact) mass is 431 g/mol. The highest BCUT2D eigenvalue weighted by Crippen LogP contribution is 2.31. The number of hydrogen-bond acceptors (Lipinski definition) is 5. The maximum Gasteiger partial charge on any atom is 0.490 e. The molecule has 1 aromatic rings. The molecule has 2 saturated heterocycles. The van der Waals surface area contributed by atoms with E-state index in [2.05, 4.69) is 26.6 Å². The third-order valence-electron chi connectivity index (χ3n) is 4.84. The molecule has 12 heteroatoms. The minimum absolute atomic E-state index is 0.0742. The van der Waals surface area contributed by atoms with Crippen LogP contribution in [-0.4, -0.2) is 83.7 Å². The van der Waals surface area contributed by atoms with Crippen molar-refractivity contribution >= 4 is 17.9 Å². The molecule has 1 atom stereocenters. The molecular formula is C18H24F3N5O4. The van der Waals surface area contributed by atoms with Crippen LogP contribution in [0.1, 0.15) is 12.0 Å². The highest BCUT2D eigenvalue weighted by Gasteiger charge is 2.43. The third kappa shape index (κ3) is 6.58. The topological polar surface area (TPSA) is 115 Å². The van der Waals surface area contributed by atoms with E-state index >= 15 is 0 Å². The summed E-state index contributed by atoms with van der Waals surface area (Å²) < 4.78 is 31.7. The lowest BCUT2D eigenvalue weighted by molar-refractivity contribution is -0.192. The van der Waals surface area contributed by atoms with Gasteiger partial charge < -0.3 is 20.6 Å². The van der Waals surface area contributed by atoms with Gasteiger partial charge >= 0.3 is 18.2 Å². The Hall–Kier alpha value is -2.89. The van der Waals surface area contributed by atoms with E-state index in [1.165, 1.54) is 0 Å². The normalized spacial score (nSPS) is 22.0. The fourth-order valence-corrected chi connectivity index (χ4v) is 3.54. The van der Waals surface area contributed by atoms with Crippen LogP contribution in [0.2, 0.25) is 0 Å². The zero-order valence-corrected chi connectivity index (χ0v) is 16.4. The zero-order chi connectivity index (χ0) is 22.4. The molecule has 166 valence electrons. The highest BCUT2D eigenvalue weighted by molar-refractivity contribution is 5.80. The molecule has 9 nitrogen and oxygen atoms in total. The van der Waals surface area contributed by atoms with Gasteiger partial charge in [0, 0.05) is 70.5 Å². The van der Waals surface area contributed by atoms with Crippen LogP contribution in [0.15, 0.2) is 24.5 Å². The molecule has 1 unspecified atom stereocenters. The molecule has 3 N–H and O–H groups in total. The van der Waals surface area contributed by atoms with E-state index in [1.807, 2.05) is 17.2 Å². The van der Waals surface area contributed by atoms with Gasteiger partial charge in [-0.25, -0.2) is 9.59 Å². The fraction of sp³-hybridized carbons (Fsp3) is 0.556. The first-order valence-electron chi connectivity index (χ1n) is 9.19. The molecule has 3 amide bonds. The zero-order valence-electron chi connectivity index (χ0n) is 16.4. The Balaban J connectivity index is 0.000000396. The van der Waals surface area contributed by atoms with Crippen molar-refractivity contribution in [3.8, 4) is 0 Å². The van der Waals surface area contributed by atoms with Gasteiger partial charge in [0.2, 0.25) is 5.91 Å². The van der Waals surface area contributed by atoms with Gasteiger partial charge in [0.25, 0.3) is 0 Å². The second kappa shape index (κ2) is 9.74. The molecule has 30 heavy (non-hydrogen) atoms. The van der Waals surface area contributed by atoms with Crippen LogP contribution in [0.25, 0.3) is 0 Å². The van der Waals surface area contributed by atoms with E-state index in [4.69, 9.17) is 9.90 Å². The molecule has 1 aromatic heterocycles. The van der Waals surface area contributed by atoms with Crippen molar-refractivity contribution in [3.63, 3.8) is 0 Å². The van der Waals surface area contributed by atoms with Gasteiger partial charge in [-0.3, -0.25) is 14.7 Å². The number of rotatable bonds is 2. The van der Waals surface area contributed by atoms with E-state index in [-0.39, 0.29) is 17.4 Å². The Morgan fingerprint density at radius 3 is 2.53 bits per heavy atom. The van der Waals surface area contributed by atoms with Gasteiger partial charge in [-0.15, -0.1) is 0 Å². The van der Waals surface area contributed by atoms with Crippen LogP contribution in [0.4, 0.5) is 18.0 Å². The average Bonchev–Trinajstić information content (AvgIpc) is 2.94. The van der Waals surface area contributed by atoms with Crippen molar-refractivity contribution in [2.45, 2.75) is 19.1 Å². The van der Waals surface area contributed by atoms with Gasteiger partial charge in [0.15, 0.2) is 0 Å². The maximum absolute atomic E-state index is 12.1. The van der Waals surface area contributed by atoms with Crippen molar-refractivity contribution in [1.29, 1.82) is 0 Å². The van der Waals surface area contributed by atoms with Crippen molar-refractivity contribution < 1.29 is 32.7 Å². The van der Waals surface area contributed by atoms with Crippen molar-refractivity contribution in [1.82, 2.24) is 25.4 Å². The Labute approximate surface area is 171 Å². The number of amides is 3. The average molecular weight is 431 g/mol. The number of pyridine rings is 1. The van der Waals surface area contributed by atoms with E-state index in [0.29, 0.717) is 26.1 Å². The molecule has 3 rings (SSSR count). The second-order valence-corrected chi connectivity index (χ2v) is 7.31. The summed E-state index contributed by atoms with van der Waals surface area (Å²) in [4.78, 5) is 41.1. The standard InChI is InChI=1S/C16H23N5O2.C2HF3O2/c1-17-15(23)21-6-5-20(9-13-3-2-4-18-8-13)11-16(12-21)7-14(22)19-10-16;3-2(4,5)1(6)7/h2-4,8H,5-7,9-12H2,1H3,(H,17,23)(H,19,22);(H,6,7). The summed E-state index contributed by atoms with van der Waals surface area (Å²) in [6, 6.07) is 3.91. The number of aliphatic carboxylic acids is 1. The van der Waals surface area contributed by atoms with E-state index in [1.54, 1.807) is 13.2 Å². The van der Waals surface area contributed by atoms with Crippen molar-refractivity contribution in [3.05, 3.63) is 30.1 Å². The first kappa shape index (κ1) is 23.4. The number of urea groups is 1. The number of nitrogens with one attached hydrogen (secondary N) is 2. The van der Waals surface area contributed by atoms with Crippen LogP contribution in [0, 0.1) is 5.41 Å². The van der Waals surface area contributed by atoms with E-state index < -0.39 is 12.1 Å². The van der Waals surface area contributed by atoms with Gasteiger partial charge in [-0.05, 0) is 11.6 Å². The first-order chi connectivity index (χ1) is 14.0. The largest absolute Gasteiger partial charge is 0.490 e. The molecule has 0 saturated carbocycles. The number of halogens is 3. The summed E-state index contributed by atoms with van der Waals surface area (Å²) in [7, 11) is 1.64. The smallest absolute Gasteiger partial charge is 0.475 e. The van der Waals surface area contributed by atoms with Crippen LogP contribution in [-0.2, 0) is 16.1 Å². The lowest BCUT2D eigenvalue weighted by Gasteiger charge is -2.32. The number of carboxylic acid groups (broad SMARTS) is 1. The first-order valence-corrected chi connectivity index (χ1v) is 9.19. The molecule has 0 bridgehead atoms. The molecule has 1 spiro atoms. The summed E-state index contributed by atoms with van der Waals surface area (Å²) in [5.74, 6) is -2.68. The van der Waals surface area contributed by atoms with E-state index in [0.717, 1.165) is 25.2 Å². The Morgan fingerprint density at radius 2 is 2.03 bits per heavy atom. The molecule has 0 aromatic carbocycles. The molecule has 0 aliphatic carbocycles. The molecule has 2 fully saturated rings. The molecule has 3 heterocycles. The van der Waals surface area contributed by atoms with Gasteiger partial charge in [-0.2, -0.15) is 13.2 Å². The Bertz CT molecular complexity index is 762. The Morgan fingerprint density at radius 1 is 1.33 bits per heavy atom. The summed E-state index contributed by atoms with van der Waals surface area (Å²) in [5.41, 5.74) is 0.941. The van der Waals surface area contributed by atoms with Gasteiger partial charge in [0.05, 0.1) is 0 Å². The lowest BCUT2D eigenvalue weighted by Crippen LogP contribution is -2.46. The van der Waals surface area contributed by atoms with Crippen LogP contribution >= 0.6 is 0 Å². The molecule has 0 radical (unpaired) electrons. The number of carbonyl (C=O) groups excluding carboxylic acids is 2. The maximum atomic E-state index is 12.1. The number of aromatic nitrogens is 1. The van der Waals surface area contributed by atoms with Crippen molar-refractivity contribution in [2.75, 3.05) is 39.8 Å². The summed E-state index contributed by atoms with van der Waals surface area (Å²) in [5, 5.41) is 12.8. The predicted octanol–water partition coefficient (Wildman–Crippen LogP) is 0.678. The lowest BCUT2D eigenvalue weighted by atomic mass is 9.86. The number of alkyl halides is 3. The number of carboxylic acids is 1. The van der Waals surface area contributed by atoms with Crippen LogP contribution in [0.3, 0.4) is 0 Å². The minimum atomic E-state index is -5.08. The number of carbonyl (C=O) groups is 3. The summed E-state index contributed by atoms with van der Waals surface area (Å²) >= 11 is 0. The highest BCUT2D eigenvalue weighted by atomic mass is 19.4. The molecule has 2 aliphatic heterocycles. The van der Waals surface area contributed by atoms with Gasteiger partial charge in [-0.1, -0.05) is 6.07 Å². The SMILES string of the molecule is CNC(=O)N1CCN(Cc2cccnc2)CC2(CNC(=O)C2)C1.O=C(O)C(F)(F)F. The Kier molecular flexibility index (Phi) is 7.59. The summed E-state index contributed by atoms with van der Waals surface area (Å²) in [6.07, 6.45) is -0.976. The molecular weight excluding hydrogens is 407 g/mol. The van der Waals surface area contributed by atoms with Crippen LogP contribution in [0.5, 0.6) is 0 Å². The summed E-state index contributed by atoms with van der Waals surface area (Å²) in [6.45, 7) is 4.27. The quantitative estimate of drug-likeness (QED) is 0.635. The van der Waals surface area contributed by atoms with Crippen LogP contribution < -0.4 is 10.6 Å². The third-order valence-corrected chi connectivity index (χ3v) is 4.84. The fourth-order valence-electron chi connectivity index (χ4n) is 3.54. The van der Waals surface area contributed by atoms with Gasteiger partial charge in [0.1, 0.15) is 0 Å². The minimum Gasteiger partial charge on any atom is -0.475 e. The number of hydrogen-bond donors (Lipinski definition) is 3. The second-order valence-electron chi connectivity index (χ2n) is 7.31. The van der Waals surface area contributed by atoms with Crippen molar-refractivity contribution in [2.24, 2.45) is 5.41 Å².